The van der Waals surface area contributed by atoms with Gasteiger partial charge in [-0.1, -0.05) is 45.6 Å². The van der Waals surface area contributed by atoms with Crippen LogP contribution < -0.4 is 0 Å². The zero-order valence-corrected chi connectivity index (χ0v) is 12.4. The highest BCUT2D eigenvalue weighted by Crippen LogP contribution is 2.36. The van der Waals surface area contributed by atoms with E-state index in [-0.39, 0.29) is 0 Å². The molecule has 108 valence electrons. The molecule has 2 saturated carbocycles. The monoisotopic (exact) mass is 264 g/mol. The molecule has 0 radical (unpaired) electrons. The molecule has 0 unspecified atom stereocenters. The van der Waals surface area contributed by atoms with Gasteiger partial charge in [0, 0.05) is 5.57 Å². The van der Waals surface area contributed by atoms with Gasteiger partial charge in [-0.2, -0.15) is 0 Å². The van der Waals surface area contributed by atoms with E-state index in [0.717, 1.165) is 30.3 Å². The van der Waals surface area contributed by atoms with Gasteiger partial charge >= 0.3 is 5.97 Å². The molecule has 0 aromatic heterocycles. The Hall–Kier alpha value is -0.790. The molecule has 0 aromatic carbocycles. The molecular formula is C17H28O2. The third-order valence-electron chi connectivity index (χ3n) is 5.18. The molecule has 0 bridgehead atoms. The summed E-state index contributed by atoms with van der Waals surface area (Å²) in [6, 6.07) is 0. The van der Waals surface area contributed by atoms with Crippen molar-refractivity contribution >= 4 is 5.97 Å². The second kappa shape index (κ2) is 6.58. The number of allylic oxidation sites excluding steroid dienone is 1. The van der Waals surface area contributed by atoms with Crippen LogP contribution in [-0.2, 0) is 4.79 Å². The predicted octanol–water partition coefficient (Wildman–Crippen LogP) is 4.65. The fraction of sp³-hybridized carbons (Fsp3) is 0.824. The predicted molar refractivity (Wildman–Crippen MR) is 78.0 cm³/mol. The van der Waals surface area contributed by atoms with Crippen LogP contribution in [0.15, 0.2) is 11.6 Å². The van der Waals surface area contributed by atoms with Crippen LogP contribution >= 0.6 is 0 Å². The van der Waals surface area contributed by atoms with Gasteiger partial charge in [0.1, 0.15) is 0 Å². The van der Waals surface area contributed by atoms with Crippen LogP contribution in [-0.4, -0.2) is 11.1 Å². The molecule has 2 heteroatoms. The van der Waals surface area contributed by atoms with Crippen molar-refractivity contribution in [2.75, 3.05) is 0 Å². The van der Waals surface area contributed by atoms with E-state index >= 15 is 0 Å². The van der Waals surface area contributed by atoms with Gasteiger partial charge in [-0.25, -0.2) is 4.79 Å². The molecule has 0 amide bonds. The molecule has 1 N–H and O–H groups in total. The lowest BCUT2D eigenvalue weighted by molar-refractivity contribution is -0.133. The van der Waals surface area contributed by atoms with Crippen LogP contribution in [0.5, 0.6) is 0 Å². The molecule has 0 spiro atoms. The SMILES string of the molecule is CC1CCC(/C=C(\C(=O)O)C2CCC(C)CC2)CC1. The van der Waals surface area contributed by atoms with Crippen molar-refractivity contribution in [3.05, 3.63) is 11.6 Å². The third-order valence-corrected chi connectivity index (χ3v) is 5.18. The third kappa shape index (κ3) is 4.09. The number of aliphatic carboxylic acids is 1. The Morgan fingerprint density at radius 1 is 0.895 bits per heavy atom. The first-order valence-electron chi connectivity index (χ1n) is 8.01. The summed E-state index contributed by atoms with van der Waals surface area (Å²) in [5.41, 5.74) is 0.728. The highest BCUT2D eigenvalue weighted by Gasteiger charge is 2.27. The number of carbonyl (C=O) groups is 1. The number of carboxylic acid groups (broad SMARTS) is 1. The van der Waals surface area contributed by atoms with Gasteiger partial charge in [0.05, 0.1) is 0 Å². The van der Waals surface area contributed by atoms with Gasteiger partial charge in [0.15, 0.2) is 0 Å². The summed E-state index contributed by atoms with van der Waals surface area (Å²) in [6.45, 7) is 4.59. The van der Waals surface area contributed by atoms with Crippen LogP contribution in [0.2, 0.25) is 0 Å². The average Bonchev–Trinajstić information content (AvgIpc) is 2.39. The van der Waals surface area contributed by atoms with E-state index in [2.05, 4.69) is 19.9 Å². The van der Waals surface area contributed by atoms with Crippen LogP contribution in [0.25, 0.3) is 0 Å². The summed E-state index contributed by atoms with van der Waals surface area (Å²) >= 11 is 0. The van der Waals surface area contributed by atoms with Crippen molar-refractivity contribution in [1.82, 2.24) is 0 Å². The fourth-order valence-corrected chi connectivity index (χ4v) is 3.66. The van der Waals surface area contributed by atoms with Gasteiger partial charge in [-0.05, 0) is 49.4 Å². The Morgan fingerprint density at radius 3 is 1.84 bits per heavy atom. The van der Waals surface area contributed by atoms with Gasteiger partial charge in [0.25, 0.3) is 0 Å². The minimum Gasteiger partial charge on any atom is -0.478 e. The van der Waals surface area contributed by atoms with E-state index < -0.39 is 5.97 Å². The minimum absolute atomic E-state index is 0.313. The molecule has 0 atom stereocenters. The lowest BCUT2D eigenvalue weighted by Crippen LogP contribution is -2.21. The van der Waals surface area contributed by atoms with E-state index in [1.165, 1.54) is 38.5 Å². The molecule has 0 heterocycles. The summed E-state index contributed by atoms with van der Waals surface area (Å²) in [5.74, 6) is 1.77. The summed E-state index contributed by atoms with van der Waals surface area (Å²) in [6.07, 6.45) is 11.5. The molecule has 2 fully saturated rings. The molecule has 2 aliphatic carbocycles. The highest BCUT2D eigenvalue weighted by atomic mass is 16.4. The fourth-order valence-electron chi connectivity index (χ4n) is 3.66. The van der Waals surface area contributed by atoms with Crippen LogP contribution in [0.4, 0.5) is 0 Å². The van der Waals surface area contributed by atoms with E-state index in [0.29, 0.717) is 11.8 Å². The van der Waals surface area contributed by atoms with Crippen LogP contribution in [0.1, 0.15) is 65.2 Å². The Morgan fingerprint density at radius 2 is 1.37 bits per heavy atom. The maximum Gasteiger partial charge on any atom is 0.331 e. The lowest BCUT2D eigenvalue weighted by atomic mass is 9.76. The number of hydrogen-bond acceptors (Lipinski definition) is 1. The maximum absolute atomic E-state index is 11.6. The van der Waals surface area contributed by atoms with Gasteiger partial charge in [-0.3, -0.25) is 0 Å². The normalized spacial score (nSPS) is 37.1. The Kier molecular flexibility index (Phi) is 5.06. The number of carboxylic acids is 1. The zero-order valence-electron chi connectivity index (χ0n) is 12.4. The first kappa shape index (κ1) is 14.6. The summed E-state index contributed by atoms with van der Waals surface area (Å²) in [5, 5.41) is 9.51. The smallest absolute Gasteiger partial charge is 0.331 e. The molecule has 2 rings (SSSR count). The van der Waals surface area contributed by atoms with Crippen molar-refractivity contribution in [2.24, 2.45) is 23.7 Å². The Labute approximate surface area is 117 Å². The van der Waals surface area contributed by atoms with Crippen LogP contribution in [0, 0.1) is 23.7 Å². The van der Waals surface area contributed by atoms with Crippen molar-refractivity contribution in [3.63, 3.8) is 0 Å². The first-order chi connectivity index (χ1) is 9.06. The van der Waals surface area contributed by atoms with Crippen molar-refractivity contribution in [3.8, 4) is 0 Å². The van der Waals surface area contributed by atoms with E-state index in [9.17, 15) is 9.90 Å². The quantitative estimate of drug-likeness (QED) is 0.753. The standard InChI is InChI=1S/C17H28O2/c1-12-3-7-14(8-4-12)11-16(17(18)19)15-9-5-13(2)6-10-15/h11-15H,3-10H2,1-2H3,(H,18,19)/b16-11-. The first-order valence-corrected chi connectivity index (χ1v) is 8.01. The van der Waals surface area contributed by atoms with E-state index in [1.54, 1.807) is 0 Å². The van der Waals surface area contributed by atoms with Gasteiger partial charge < -0.3 is 5.11 Å². The molecule has 0 aromatic rings. The van der Waals surface area contributed by atoms with E-state index in [1.807, 2.05) is 0 Å². The second-order valence-electron chi connectivity index (χ2n) is 6.90. The summed E-state index contributed by atoms with van der Waals surface area (Å²) in [4.78, 5) is 11.6. The molecule has 19 heavy (non-hydrogen) atoms. The molecular weight excluding hydrogens is 236 g/mol. The second-order valence-corrected chi connectivity index (χ2v) is 6.90. The number of hydrogen-bond donors (Lipinski definition) is 1. The van der Waals surface area contributed by atoms with Gasteiger partial charge in [0.2, 0.25) is 0 Å². The Balaban J connectivity index is 2.01. The molecule has 0 saturated heterocycles. The maximum atomic E-state index is 11.6. The van der Waals surface area contributed by atoms with Crippen molar-refractivity contribution in [1.29, 1.82) is 0 Å². The molecule has 2 aliphatic rings. The van der Waals surface area contributed by atoms with Crippen molar-refractivity contribution < 1.29 is 9.90 Å². The van der Waals surface area contributed by atoms with E-state index in [4.69, 9.17) is 0 Å². The van der Waals surface area contributed by atoms with Gasteiger partial charge in [-0.15, -0.1) is 0 Å². The van der Waals surface area contributed by atoms with Crippen LogP contribution in [0.3, 0.4) is 0 Å². The summed E-state index contributed by atoms with van der Waals surface area (Å²) in [7, 11) is 0. The zero-order chi connectivity index (χ0) is 13.8. The highest BCUT2D eigenvalue weighted by molar-refractivity contribution is 5.87. The average molecular weight is 264 g/mol. The number of rotatable bonds is 3. The molecule has 2 nitrogen and oxygen atoms in total. The topological polar surface area (TPSA) is 37.3 Å². The largest absolute Gasteiger partial charge is 0.478 e. The minimum atomic E-state index is -0.668. The summed E-state index contributed by atoms with van der Waals surface area (Å²) < 4.78 is 0. The lowest BCUT2D eigenvalue weighted by Gasteiger charge is -2.29. The Bertz CT molecular complexity index is 329. The van der Waals surface area contributed by atoms with Crippen molar-refractivity contribution in [2.45, 2.75) is 65.2 Å². The molecule has 0 aliphatic heterocycles.